The van der Waals surface area contributed by atoms with Gasteiger partial charge in [0.1, 0.15) is 18.1 Å². The van der Waals surface area contributed by atoms with Crippen LogP contribution in [0.25, 0.3) is 0 Å². The van der Waals surface area contributed by atoms with Gasteiger partial charge >= 0.3 is 11.7 Å². The van der Waals surface area contributed by atoms with E-state index in [0.717, 1.165) is 17.3 Å². The van der Waals surface area contributed by atoms with Crippen LogP contribution in [0, 0.1) is 0 Å². The Kier molecular flexibility index (Phi) is 3.85. The van der Waals surface area contributed by atoms with Gasteiger partial charge in [-0.2, -0.15) is 0 Å². The number of methoxy groups -OCH3 is 2. The topological polar surface area (TPSA) is 39.6 Å². The third-order valence-electron chi connectivity index (χ3n) is 2.87. The molecule has 5 nitrogen and oxygen atoms in total. The average molecular weight is 260 g/mol. The van der Waals surface area contributed by atoms with Crippen LogP contribution in [0.3, 0.4) is 0 Å². The molecule has 100 valence electrons. The predicted octanol–water partition coefficient (Wildman–Crippen LogP) is 1.58. The Bertz CT molecular complexity index is 566. The number of benzene rings is 1. The number of hydrogen-bond acceptors (Lipinski definition) is 3. The van der Waals surface area contributed by atoms with Crippen LogP contribution in [-0.4, -0.2) is 24.7 Å². The molecule has 0 aliphatic rings. The largest absolute Gasteiger partial charge is 0.497 e. The maximum atomic E-state index is 5.39. The zero-order valence-corrected chi connectivity index (χ0v) is 11.6. The van der Waals surface area contributed by atoms with Gasteiger partial charge < -0.3 is 9.47 Å². The highest BCUT2D eigenvalue weighted by Crippen LogP contribution is 2.18. The first-order valence-electron chi connectivity index (χ1n) is 5.93. The Hall–Kier alpha value is -2.30. The summed E-state index contributed by atoms with van der Waals surface area (Å²) >= 11 is 0. The van der Waals surface area contributed by atoms with E-state index in [1.165, 1.54) is 0 Å². The van der Waals surface area contributed by atoms with Gasteiger partial charge in [0.15, 0.2) is 0 Å². The summed E-state index contributed by atoms with van der Waals surface area (Å²) < 4.78 is 14.4. The molecule has 0 spiro atoms. The Labute approximate surface area is 112 Å². The summed E-state index contributed by atoms with van der Waals surface area (Å²) in [4.78, 5) is 4.51. The van der Waals surface area contributed by atoms with Gasteiger partial charge in [0, 0.05) is 0 Å². The van der Waals surface area contributed by atoms with E-state index in [2.05, 4.69) is 4.99 Å². The van der Waals surface area contributed by atoms with Crippen molar-refractivity contribution < 1.29 is 14.0 Å². The van der Waals surface area contributed by atoms with E-state index >= 15 is 0 Å². The molecule has 2 rings (SSSR count). The van der Waals surface area contributed by atoms with Crippen molar-refractivity contribution in [3.8, 4) is 5.75 Å². The fourth-order valence-electron chi connectivity index (χ4n) is 1.85. The summed E-state index contributed by atoms with van der Waals surface area (Å²) in [6.45, 7) is 0. The minimum Gasteiger partial charge on any atom is -0.497 e. The third-order valence-corrected chi connectivity index (χ3v) is 2.87. The second-order valence-corrected chi connectivity index (χ2v) is 4.16. The fraction of sp³-hybridized carbons (Fsp3) is 0.286. The van der Waals surface area contributed by atoms with Crippen molar-refractivity contribution in [1.82, 2.24) is 4.57 Å². The van der Waals surface area contributed by atoms with E-state index in [1.54, 1.807) is 14.2 Å². The van der Waals surface area contributed by atoms with Crippen molar-refractivity contribution in [2.45, 2.75) is 0 Å². The van der Waals surface area contributed by atoms with Gasteiger partial charge in [-0.3, -0.25) is 0 Å². The summed E-state index contributed by atoms with van der Waals surface area (Å²) in [7, 11) is 7.17. The van der Waals surface area contributed by atoms with Crippen molar-refractivity contribution in [3.63, 3.8) is 0 Å². The maximum Gasteiger partial charge on any atom is 0.344 e. The third kappa shape index (κ3) is 2.76. The molecule has 19 heavy (non-hydrogen) atoms. The van der Waals surface area contributed by atoms with Crippen molar-refractivity contribution in [3.05, 3.63) is 42.5 Å². The molecule has 0 N–H and O–H groups in total. The molecule has 0 radical (unpaired) electrons. The molecule has 0 amide bonds. The van der Waals surface area contributed by atoms with Gasteiger partial charge in [0.25, 0.3) is 0 Å². The van der Waals surface area contributed by atoms with Crippen molar-refractivity contribution in [2.24, 2.45) is 19.1 Å². The zero-order valence-electron chi connectivity index (χ0n) is 11.6. The van der Waals surface area contributed by atoms with E-state index in [1.807, 2.05) is 59.9 Å². The summed E-state index contributed by atoms with van der Waals surface area (Å²) in [5.74, 6) is 2.28. The van der Waals surface area contributed by atoms with Crippen LogP contribution < -0.4 is 9.30 Å². The number of rotatable bonds is 3. The highest BCUT2D eigenvalue weighted by atomic mass is 16.5. The molecule has 1 heterocycles. The monoisotopic (exact) mass is 260 g/mol. The molecule has 0 atom stereocenters. The molecule has 0 bridgehead atoms. The van der Waals surface area contributed by atoms with Gasteiger partial charge in [0.2, 0.25) is 0 Å². The lowest BCUT2D eigenvalue weighted by molar-refractivity contribution is -0.672. The van der Waals surface area contributed by atoms with Gasteiger partial charge in [-0.1, -0.05) is 0 Å². The van der Waals surface area contributed by atoms with E-state index in [9.17, 15) is 0 Å². The molecule has 0 unspecified atom stereocenters. The molecule has 2 aromatic rings. The summed E-state index contributed by atoms with van der Waals surface area (Å²) in [6, 6.07) is 7.52. The minimum absolute atomic E-state index is 0.570. The standard InChI is InChI=1S/C14H18N3O2/c1-16-9-10-17(2)14(16)13(19-4)15-11-5-7-12(18-3)8-6-11/h5-10H,1-4H3/q+1. The number of nitrogens with zero attached hydrogens (tertiary/aromatic N) is 3. The second kappa shape index (κ2) is 5.56. The molecule has 0 aliphatic carbocycles. The lowest BCUT2D eigenvalue weighted by Crippen LogP contribution is -2.35. The molecule has 0 fully saturated rings. The Morgan fingerprint density at radius 1 is 1.21 bits per heavy atom. The van der Waals surface area contributed by atoms with Crippen LogP contribution in [0.4, 0.5) is 5.69 Å². The number of imidazole rings is 1. The van der Waals surface area contributed by atoms with E-state index in [-0.39, 0.29) is 0 Å². The number of aryl methyl sites for hydroxylation is 2. The summed E-state index contributed by atoms with van der Waals surface area (Å²) in [5.41, 5.74) is 0.818. The molecule has 0 aliphatic heterocycles. The van der Waals surface area contributed by atoms with Crippen LogP contribution in [0.5, 0.6) is 5.75 Å². The normalized spacial score (nSPS) is 11.5. The van der Waals surface area contributed by atoms with Crippen LogP contribution in [0.1, 0.15) is 5.82 Å². The summed E-state index contributed by atoms with van der Waals surface area (Å²) in [6.07, 6.45) is 3.91. The van der Waals surface area contributed by atoms with Crippen molar-refractivity contribution in [1.29, 1.82) is 0 Å². The van der Waals surface area contributed by atoms with Crippen LogP contribution in [-0.2, 0) is 18.8 Å². The number of hydrogen-bond donors (Lipinski definition) is 0. The Morgan fingerprint density at radius 3 is 2.37 bits per heavy atom. The van der Waals surface area contributed by atoms with Crippen molar-refractivity contribution in [2.75, 3.05) is 14.2 Å². The molecular weight excluding hydrogens is 242 g/mol. The highest BCUT2D eigenvalue weighted by Gasteiger charge is 2.19. The van der Waals surface area contributed by atoms with Gasteiger partial charge in [-0.15, -0.1) is 0 Å². The SMILES string of the molecule is COC(=Nc1ccc(OC)cc1)c1n(C)cc[n+]1C. The Balaban J connectivity index is 2.38. The number of aromatic nitrogens is 2. The number of ether oxygens (including phenoxy) is 2. The van der Waals surface area contributed by atoms with Crippen LogP contribution in [0.15, 0.2) is 41.7 Å². The van der Waals surface area contributed by atoms with E-state index in [4.69, 9.17) is 9.47 Å². The molecule has 0 saturated carbocycles. The van der Waals surface area contributed by atoms with Crippen LogP contribution >= 0.6 is 0 Å². The molecule has 5 heteroatoms. The first kappa shape index (κ1) is 13.1. The molecule has 1 aromatic heterocycles. The summed E-state index contributed by atoms with van der Waals surface area (Å²) in [5, 5.41) is 0. The fourth-order valence-corrected chi connectivity index (χ4v) is 1.85. The van der Waals surface area contributed by atoms with Crippen LogP contribution in [0.2, 0.25) is 0 Å². The number of aliphatic imine (C=N–C) groups is 1. The minimum atomic E-state index is 0.570. The van der Waals surface area contributed by atoms with Gasteiger partial charge in [0.05, 0.1) is 34.0 Å². The second-order valence-electron chi connectivity index (χ2n) is 4.16. The quantitative estimate of drug-likeness (QED) is 0.477. The van der Waals surface area contributed by atoms with Crippen molar-refractivity contribution >= 4 is 11.6 Å². The average Bonchev–Trinajstić information content (AvgIpc) is 2.76. The van der Waals surface area contributed by atoms with Gasteiger partial charge in [-0.25, -0.2) is 14.1 Å². The van der Waals surface area contributed by atoms with E-state index in [0.29, 0.717) is 5.90 Å². The molecule has 1 aromatic carbocycles. The highest BCUT2D eigenvalue weighted by molar-refractivity contribution is 5.91. The zero-order chi connectivity index (χ0) is 13.8. The lowest BCUT2D eigenvalue weighted by atomic mass is 10.3. The van der Waals surface area contributed by atoms with Gasteiger partial charge in [-0.05, 0) is 24.3 Å². The van der Waals surface area contributed by atoms with E-state index < -0.39 is 0 Å². The predicted molar refractivity (Wildman–Crippen MR) is 72.8 cm³/mol. The molecule has 0 saturated heterocycles. The molecular formula is C14H18N3O2+. The first-order chi connectivity index (χ1) is 9.15. The first-order valence-corrected chi connectivity index (χ1v) is 5.93. The Morgan fingerprint density at radius 2 is 1.89 bits per heavy atom. The maximum absolute atomic E-state index is 5.39. The lowest BCUT2D eigenvalue weighted by Gasteiger charge is -2.03. The smallest absolute Gasteiger partial charge is 0.344 e.